The molecule has 5 nitrogen and oxygen atoms in total. The topological polar surface area (TPSA) is 77.5 Å². The molecule has 1 saturated heterocycles. The summed E-state index contributed by atoms with van der Waals surface area (Å²) in [5, 5.41) is 0. The van der Waals surface area contributed by atoms with Gasteiger partial charge in [0.25, 0.3) is 0 Å². The molecule has 7 heteroatoms. The quantitative estimate of drug-likeness (QED) is 0.578. The number of ether oxygens (including phenoxy) is 1. The van der Waals surface area contributed by atoms with Gasteiger partial charge < -0.3 is 4.74 Å². The van der Waals surface area contributed by atoms with Crippen molar-refractivity contribution in [1.82, 2.24) is 0 Å². The Bertz CT molecular complexity index is 595. The minimum absolute atomic E-state index is 0.221. The first kappa shape index (κ1) is 16.8. The van der Waals surface area contributed by atoms with Crippen molar-refractivity contribution >= 4 is 19.7 Å². The molecular weight excluding hydrogens is 312 g/mol. The number of rotatable bonds is 4. The van der Waals surface area contributed by atoms with E-state index in [0.29, 0.717) is 0 Å². The highest BCUT2D eigenvalue weighted by Crippen LogP contribution is 2.29. The van der Waals surface area contributed by atoms with E-state index in [2.05, 4.69) is 0 Å². The van der Waals surface area contributed by atoms with E-state index in [1.165, 1.54) is 31.8 Å². The van der Waals surface area contributed by atoms with Crippen LogP contribution in [-0.2, 0) is 24.4 Å². The zero-order valence-corrected chi connectivity index (χ0v) is 14.1. The van der Waals surface area contributed by atoms with Crippen molar-refractivity contribution in [3.8, 4) is 0 Å². The molecule has 0 aromatic heterocycles. The summed E-state index contributed by atoms with van der Waals surface area (Å²) < 4.78 is 52.0. The van der Waals surface area contributed by atoms with Crippen LogP contribution in [0.2, 0.25) is 0 Å². The SMILES string of the molecule is CC1(CCOC=C2CCCCC2)CS(=O)(=O)CCS1(=O)=O. The second kappa shape index (κ2) is 6.28. The first-order valence-electron chi connectivity index (χ1n) is 7.46. The van der Waals surface area contributed by atoms with Crippen LogP contribution in [0.25, 0.3) is 0 Å². The van der Waals surface area contributed by atoms with Crippen LogP contribution in [-0.4, -0.2) is 45.4 Å². The average Bonchev–Trinajstić information content (AvgIpc) is 2.41. The molecule has 0 aromatic rings. The largest absolute Gasteiger partial charge is 0.501 e. The molecule has 1 heterocycles. The van der Waals surface area contributed by atoms with Crippen molar-refractivity contribution in [1.29, 1.82) is 0 Å². The zero-order valence-electron chi connectivity index (χ0n) is 12.5. The lowest BCUT2D eigenvalue weighted by Crippen LogP contribution is -2.50. The third kappa shape index (κ3) is 4.22. The molecule has 0 spiro atoms. The van der Waals surface area contributed by atoms with E-state index in [0.717, 1.165) is 12.8 Å². The molecule has 1 saturated carbocycles. The van der Waals surface area contributed by atoms with E-state index >= 15 is 0 Å². The third-order valence-corrected chi connectivity index (χ3v) is 9.37. The van der Waals surface area contributed by atoms with Gasteiger partial charge in [-0.15, -0.1) is 0 Å². The van der Waals surface area contributed by atoms with E-state index in [1.54, 1.807) is 6.26 Å². The Morgan fingerprint density at radius 3 is 2.43 bits per heavy atom. The van der Waals surface area contributed by atoms with Crippen LogP contribution in [0.1, 0.15) is 45.4 Å². The Kier molecular flexibility index (Phi) is 5.03. The van der Waals surface area contributed by atoms with Gasteiger partial charge >= 0.3 is 0 Å². The monoisotopic (exact) mass is 336 g/mol. The molecule has 1 unspecified atom stereocenters. The van der Waals surface area contributed by atoms with Crippen LogP contribution in [0.5, 0.6) is 0 Å². The summed E-state index contributed by atoms with van der Waals surface area (Å²) in [6, 6.07) is 0. The molecule has 0 N–H and O–H groups in total. The second-order valence-corrected chi connectivity index (χ2v) is 11.1. The summed E-state index contributed by atoms with van der Waals surface area (Å²) in [6.07, 6.45) is 7.67. The number of allylic oxidation sites excluding steroid dienone is 1. The lowest BCUT2D eigenvalue weighted by molar-refractivity contribution is 0.227. The average molecular weight is 336 g/mol. The Balaban J connectivity index is 1.93. The van der Waals surface area contributed by atoms with Gasteiger partial charge in [-0.2, -0.15) is 0 Å². The van der Waals surface area contributed by atoms with Gasteiger partial charge in [-0.05, 0) is 38.2 Å². The summed E-state index contributed by atoms with van der Waals surface area (Å²) in [5.74, 6) is -0.814. The summed E-state index contributed by atoms with van der Waals surface area (Å²) >= 11 is 0. The van der Waals surface area contributed by atoms with Gasteiger partial charge in [0.1, 0.15) is 0 Å². The highest BCUT2D eigenvalue weighted by Gasteiger charge is 2.46. The van der Waals surface area contributed by atoms with Crippen molar-refractivity contribution in [2.45, 2.75) is 50.2 Å². The minimum atomic E-state index is -3.38. The first-order chi connectivity index (χ1) is 9.74. The fraction of sp³-hybridized carbons (Fsp3) is 0.857. The molecule has 2 aliphatic rings. The van der Waals surface area contributed by atoms with Gasteiger partial charge in [0.2, 0.25) is 0 Å². The van der Waals surface area contributed by atoms with Crippen molar-refractivity contribution in [2.75, 3.05) is 23.9 Å². The molecular formula is C14H24O5S2. The molecule has 21 heavy (non-hydrogen) atoms. The molecule has 1 aliphatic heterocycles. The Hall–Kier alpha value is -0.560. The maximum absolute atomic E-state index is 12.2. The number of hydrogen-bond donors (Lipinski definition) is 0. The van der Waals surface area contributed by atoms with Crippen molar-refractivity contribution in [2.24, 2.45) is 0 Å². The van der Waals surface area contributed by atoms with Crippen LogP contribution in [0.3, 0.4) is 0 Å². The molecule has 1 aliphatic carbocycles. The Labute approximate surface area is 127 Å². The highest BCUT2D eigenvalue weighted by molar-refractivity contribution is 7.99. The molecule has 0 radical (unpaired) electrons. The fourth-order valence-corrected chi connectivity index (χ4v) is 8.17. The zero-order chi connectivity index (χ0) is 15.6. The standard InChI is InChI=1S/C14H24O5S2/c1-14(12-20(15,16)9-10-21(14,17)18)7-8-19-11-13-5-3-2-4-6-13/h11H,2-10,12H2,1H3. The Morgan fingerprint density at radius 1 is 1.10 bits per heavy atom. The third-order valence-electron chi connectivity index (χ3n) is 4.43. The van der Waals surface area contributed by atoms with E-state index in [1.807, 2.05) is 0 Å². The second-order valence-electron chi connectivity index (χ2n) is 6.32. The van der Waals surface area contributed by atoms with Crippen LogP contribution >= 0.6 is 0 Å². The smallest absolute Gasteiger partial charge is 0.157 e. The molecule has 0 bridgehead atoms. The molecule has 0 aromatic carbocycles. The maximum Gasteiger partial charge on any atom is 0.157 e. The van der Waals surface area contributed by atoms with Crippen LogP contribution in [0.4, 0.5) is 0 Å². The van der Waals surface area contributed by atoms with Gasteiger partial charge in [0.05, 0.1) is 34.9 Å². The predicted molar refractivity (Wildman–Crippen MR) is 82.6 cm³/mol. The molecule has 0 amide bonds. The molecule has 2 fully saturated rings. The van der Waals surface area contributed by atoms with E-state index in [-0.39, 0.29) is 30.3 Å². The predicted octanol–water partition coefficient (Wildman–Crippen LogP) is 1.84. The van der Waals surface area contributed by atoms with Gasteiger partial charge in [-0.3, -0.25) is 0 Å². The lowest BCUT2D eigenvalue weighted by atomic mass is 9.96. The highest BCUT2D eigenvalue weighted by atomic mass is 32.2. The van der Waals surface area contributed by atoms with Crippen molar-refractivity contribution in [3.63, 3.8) is 0 Å². The number of sulfone groups is 2. The van der Waals surface area contributed by atoms with Gasteiger partial charge in [0.15, 0.2) is 19.7 Å². The van der Waals surface area contributed by atoms with E-state index < -0.39 is 24.4 Å². The van der Waals surface area contributed by atoms with E-state index in [9.17, 15) is 16.8 Å². The lowest BCUT2D eigenvalue weighted by Gasteiger charge is -2.32. The fourth-order valence-electron chi connectivity index (χ4n) is 2.91. The van der Waals surface area contributed by atoms with Gasteiger partial charge in [-0.1, -0.05) is 6.42 Å². The van der Waals surface area contributed by atoms with Crippen LogP contribution < -0.4 is 0 Å². The van der Waals surface area contributed by atoms with E-state index in [4.69, 9.17) is 4.74 Å². The summed E-state index contributed by atoms with van der Waals surface area (Å²) in [6.45, 7) is 1.77. The van der Waals surface area contributed by atoms with Gasteiger partial charge in [-0.25, -0.2) is 16.8 Å². The maximum atomic E-state index is 12.2. The molecule has 2 rings (SSSR count). The Morgan fingerprint density at radius 2 is 1.76 bits per heavy atom. The summed E-state index contributed by atoms with van der Waals surface area (Å²) in [5.41, 5.74) is 1.27. The van der Waals surface area contributed by atoms with Crippen molar-refractivity contribution < 1.29 is 21.6 Å². The van der Waals surface area contributed by atoms with Gasteiger partial charge in [0, 0.05) is 6.42 Å². The van der Waals surface area contributed by atoms with Crippen molar-refractivity contribution in [3.05, 3.63) is 11.8 Å². The number of hydrogen-bond acceptors (Lipinski definition) is 5. The minimum Gasteiger partial charge on any atom is -0.501 e. The first-order valence-corrected chi connectivity index (χ1v) is 10.9. The normalized spacial score (nSPS) is 31.6. The molecule has 1 atom stereocenters. The van der Waals surface area contributed by atoms with Crippen LogP contribution in [0, 0.1) is 0 Å². The van der Waals surface area contributed by atoms with Crippen LogP contribution in [0.15, 0.2) is 11.8 Å². The summed E-state index contributed by atoms with van der Waals surface area (Å²) in [7, 11) is -6.65. The molecule has 122 valence electrons. The summed E-state index contributed by atoms with van der Waals surface area (Å²) in [4.78, 5) is 0.